The van der Waals surface area contributed by atoms with Gasteiger partial charge in [-0.15, -0.1) is 10.2 Å². The highest BCUT2D eigenvalue weighted by Crippen LogP contribution is 2.20. The highest BCUT2D eigenvalue weighted by atomic mass is 16.5. The van der Waals surface area contributed by atoms with Crippen LogP contribution in [0.2, 0.25) is 0 Å². The van der Waals surface area contributed by atoms with Gasteiger partial charge in [0.2, 0.25) is 12.3 Å². The number of aryl methyl sites for hydroxylation is 1. The fraction of sp³-hybridized carbons (Fsp3) is 0.0769. The lowest BCUT2D eigenvalue weighted by Crippen LogP contribution is -2.12. The zero-order chi connectivity index (χ0) is 13.9. The zero-order valence-corrected chi connectivity index (χ0v) is 10.5. The summed E-state index contributed by atoms with van der Waals surface area (Å²) in [6.45, 7) is 1.72. The topological polar surface area (TPSA) is 94.1 Å². The maximum absolute atomic E-state index is 11.9. The van der Waals surface area contributed by atoms with Gasteiger partial charge in [-0.2, -0.15) is 0 Å². The van der Waals surface area contributed by atoms with E-state index in [0.29, 0.717) is 17.3 Å². The number of rotatable bonds is 3. The first-order chi connectivity index (χ1) is 9.72. The molecule has 0 saturated carbocycles. The zero-order valence-electron chi connectivity index (χ0n) is 10.5. The van der Waals surface area contributed by atoms with Crippen LogP contribution in [0.3, 0.4) is 0 Å². The van der Waals surface area contributed by atoms with Crippen molar-refractivity contribution in [1.29, 1.82) is 0 Å². The van der Waals surface area contributed by atoms with Crippen molar-refractivity contribution < 1.29 is 13.7 Å². The molecular formula is C13H10N4O3. The van der Waals surface area contributed by atoms with Gasteiger partial charge < -0.3 is 14.3 Å². The first-order valence-corrected chi connectivity index (χ1v) is 5.83. The summed E-state index contributed by atoms with van der Waals surface area (Å²) in [6.07, 6.45) is 1.25. The van der Waals surface area contributed by atoms with E-state index in [4.69, 9.17) is 8.94 Å². The van der Waals surface area contributed by atoms with Crippen LogP contribution >= 0.6 is 0 Å². The van der Waals surface area contributed by atoms with Crippen molar-refractivity contribution in [3.8, 4) is 11.5 Å². The molecule has 0 fully saturated rings. The molecule has 0 radical (unpaired) electrons. The van der Waals surface area contributed by atoms with Gasteiger partial charge in [0.25, 0.3) is 5.91 Å². The predicted octanol–water partition coefficient (Wildman–Crippen LogP) is 2.29. The fourth-order valence-electron chi connectivity index (χ4n) is 1.70. The van der Waals surface area contributed by atoms with E-state index in [1.54, 1.807) is 31.2 Å². The first-order valence-electron chi connectivity index (χ1n) is 5.83. The van der Waals surface area contributed by atoms with Crippen molar-refractivity contribution in [2.45, 2.75) is 6.92 Å². The Morgan fingerprint density at radius 1 is 1.30 bits per heavy atom. The van der Waals surface area contributed by atoms with Crippen molar-refractivity contribution in [2.24, 2.45) is 0 Å². The third-order valence-corrected chi connectivity index (χ3v) is 2.59. The van der Waals surface area contributed by atoms with Gasteiger partial charge in [0, 0.05) is 17.3 Å². The van der Waals surface area contributed by atoms with E-state index in [9.17, 15) is 4.79 Å². The summed E-state index contributed by atoms with van der Waals surface area (Å²) in [5.41, 5.74) is 1.55. The smallest absolute Gasteiger partial charge is 0.277 e. The lowest BCUT2D eigenvalue weighted by molar-refractivity contribution is 0.101. The molecular weight excluding hydrogens is 260 g/mol. The van der Waals surface area contributed by atoms with Crippen molar-refractivity contribution in [1.82, 2.24) is 15.4 Å². The molecule has 1 amide bonds. The number of carbonyl (C=O) groups is 1. The number of nitrogens with zero attached hydrogens (tertiary/aromatic N) is 3. The minimum absolute atomic E-state index is 0.227. The second-order valence-corrected chi connectivity index (χ2v) is 4.10. The van der Waals surface area contributed by atoms with Gasteiger partial charge in [0.05, 0.1) is 0 Å². The highest BCUT2D eigenvalue weighted by molar-refractivity contribution is 6.03. The Bertz CT molecular complexity index is 734. The SMILES string of the molecule is Cc1cc(C(=O)Nc2cccc(-c3nnco3)c2)no1. The number of benzene rings is 1. The number of nitrogens with one attached hydrogen (secondary N) is 1. The summed E-state index contributed by atoms with van der Waals surface area (Å²) in [5, 5.41) is 13.8. The molecule has 0 spiro atoms. The summed E-state index contributed by atoms with van der Waals surface area (Å²) in [5.74, 6) is 0.623. The summed E-state index contributed by atoms with van der Waals surface area (Å²) >= 11 is 0. The van der Waals surface area contributed by atoms with Crippen molar-refractivity contribution in [3.63, 3.8) is 0 Å². The van der Waals surface area contributed by atoms with Crippen molar-refractivity contribution >= 4 is 11.6 Å². The lowest BCUT2D eigenvalue weighted by atomic mass is 10.2. The monoisotopic (exact) mass is 270 g/mol. The molecule has 0 aliphatic rings. The molecule has 0 aliphatic heterocycles. The second kappa shape index (κ2) is 4.96. The van der Waals surface area contributed by atoms with E-state index < -0.39 is 0 Å². The van der Waals surface area contributed by atoms with E-state index in [0.717, 1.165) is 5.56 Å². The van der Waals surface area contributed by atoms with E-state index in [2.05, 4.69) is 20.7 Å². The van der Waals surface area contributed by atoms with Crippen LogP contribution in [-0.2, 0) is 0 Å². The van der Waals surface area contributed by atoms with Crippen LogP contribution in [0.25, 0.3) is 11.5 Å². The van der Waals surface area contributed by atoms with Gasteiger partial charge in [-0.25, -0.2) is 0 Å². The summed E-state index contributed by atoms with van der Waals surface area (Å²) < 4.78 is 9.97. The molecule has 20 heavy (non-hydrogen) atoms. The van der Waals surface area contributed by atoms with Crippen LogP contribution in [0.4, 0.5) is 5.69 Å². The molecule has 100 valence electrons. The van der Waals surface area contributed by atoms with E-state index >= 15 is 0 Å². The van der Waals surface area contributed by atoms with Gasteiger partial charge in [0.15, 0.2) is 5.69 Å². The normalized spacial score (nSPS) is 10.4. The quantitative estimate of drug-likeness (QED) is 0.784. The molecule has 3 rings (SSSR count). The number of hydrogen-bond donors (Lipinski definition) is 1. The number of amides is 1. The highest BCUT2D eigenvalue weighted by Gasteiger charge is 2.12. The Hall–Kier alpha value is -2.96. The van der Waals surface area contributed by atoms with Crippen LogP contribution in [0.1, 0.15) is 16.2 Å². The molecule has 0 unspecified atom stereocenters. The molecule has 0 bridgehead atoms. The average molecular weight is 270 g/mol. The Morgan fingerprint density at radius 2 is 2.20 bits per heavy atom. The van der Waals surface area contributed by atoms with Gasteiger partial charge in [-0.3, -0.25) is 4.79 Å². The Kier molecular flexibility index (Phi) is 3.00. The van der Waals surface area contributed by atoms with Crippen molar-refractivity contribution in [3.05, 3.63) is 48.2 Å². The maximum Gasteiger partial charge on any atom is 0.277 e. The molecule has 1 aromatic carbocycles. The lowest BCUT2D eigenvalue weighted by Gasteiger charge is -2.03. The van der Waals surface area contributed by atoms with Gasteiger partial charge >= 0.3 is 0 Å². The Labute approximate surface area is 113 Å². The Morgan fingerprint density at radius 3 is 2.90 bits per heavy atom. The standard InChI is InChI=1S/C13H10N4O3/c1-8-5-11(17-20-8)12(18)15-10-4-2-3-9(6-10)13-16-14-7-19-13/h2-7H,1H3,(H,15,18). The molecule has 7 nitrogen and oxygen atoms in total. The van der Waals surface area contributed by atoms with E-state index in [1.807, 2.05) is 6.07 Å². The van der Waals surface area contributed by atoms with Crippen LogP contribution in [0.5, 0.6) is 0 Å². The molecule has 2 aromatic heterocycles. The minimum Gasteiger partial charge on any atom is -0.423 e. The molecule has 0 saturated heterocycles. The molecule has 1 N–H and O–H groups in total. The third-order valence-electron chi connectivity index (χ3n) is 2.59. The average Bonchev–Trinajstić information content (AvgIpc) is 3.10. The summed E-state index contributed by atoms with van der Waals surface area (Å²) in [4.78, 5) is 11.9. The first kappa shape index (κ1) is 12.1. The molecule has 0 aliphatic carbocycles. The second-order valence-electron chi connectivity index (χ2n) is 4.10. The summed E-state index contributed by atoms with van der Waals surface area (Å²) in [6, 6.07) is 8.65. The van der Waals surface area contributed by atoms with Gasteiger partial charge in [-0.1, -0.05) is 11.2 Å². The molecule has 3 aromatic rings. The maximum atomic E-state index is 11.9. The Balaban J connectivity index is 1.81. The fourth-order valence-corrected chi connectivity index (χ4v) is 1.70. The largest absolute Gasteiger partial charge is 0.423 e. The number of hydrogen-bond acceptors (Lipinski definition) is 6. The van der Waals surface area contributed by atoms with Crippen LogP contribution in [-0.4, -0.2) is 21.3 Å². The number of carbonyl (C=O) groups excluding carboxylic acids is 1. The van der Waals surface area contributed by atoms with Gasteiger partial charge in [-0.05, 0) is 25.1 Å². The number of aromatic nitrogens is 3. The van der Waals surface area contributed by atoms with E-state index in [-0.39, 0.29) is 11.6 Å². The third kappa shape index (κ3) is 2.41. The predicted molar refractivity (Wildman–Crippen MR) is 68.9 cm³/mol. The number of anilines is 1. The van der Waals surface area contributed by atoms with Crippen LogP contribution < -0.4 is 5.32 Å². The molecule has 7 heteroatoms. The molecule has 2 heterocycles. The van der Waals surface area contributed by atoms with Crippen molar-refractivity contribution in [2.75, 3.05) is 5.32 Å². The van der Waals surface area contributed by atoms with E-state index in [1.165, 1.54) is 6.39 Å². The molecule has 0 atom stereocenters. The van der Waals surface area contributed by atoms with Crippen LogP contribution in [0, 0.1) is 6.92 Å². The van der Waals surface area contributed by atoms with Gasteiger partial charge in [0.1, 0.15) is 5.76 Å². The minimum atomic E-state index is -0.343. The van der Waals surface area contributed by atoms with Crippen LogP contribution in [0.15, 0.2) is 45.7 Å². The summed E-state index contributed by atoms with van der Waals surface area (Å²) in [7, 11) is 0.